The van der Waals surface area contributed by atoms with Crippen LogP contribution in [0.4, 0.5) is 0 Å². The molecule has 2 nitrogen and oxygen atoms in total. The molecule has 142 valence electrons. The maximum Gasteiger partial charge on any atom is 0.193 e. The molecular weight excluding hydrogens is 312 g/mol. The average molecular weight is 355 g/mol. The molecule has 1 N–H and O–H groups in total. The van der Waals surface area contributed by atoms with Gasteiger partial charge in [0.2, 0.25) is 0 Å². The van der Waals surface area contributed by atoms with Crippen LogP contribution in [0.3, 0.4) is 0 Å². The first-order valence-electron chi connectivity index (χ1n) is 9.80. The van der Waals surface area contributed by atoms with Gasteiger partial charge < -0.3 is 9.53 Å². The average Bonchev–Trinajstić information content (AvgIpc) is 2.49. The molecule has 0 saturated heterocycles. The van der Waals surface area contributed by atoms with E-state index in [0.717, 1.165) is 6.42 Å². The molecule has 0 heterocycles. The van der Waals surface area contributed by atoms with E-state index in [0.29, 0.717) is 0 Å². The van der Waals surface area contributed by atoms with E-state index in [1.807, 2.05) is 6.08 Å². The second kappa shape index (κ2) is 12.0. The van der Waals surface area contributed by atoms with Crippen LogP contribution in [0.1, 0.15) is 79.1 Å². The molecule has 0 saturated carbocycles. The van der Waals surface area contributed by atoms with Gasteiger partial charge in [0.05, 0.1) is 6.10 Å². The van der Waals surface area contributed by atoms with Gasteiger partial charge in [-0.15, -0.1) is 6.58 Å². The van der Waals surface area contributed by atoms with Crippen molar-refractivity contribution in [2.75, 3.05) is 0 Å². The Morgan fingerprint density at radius 2 is 1.58 bits per heavy atom. The van der Waals surface area contributed by atoms with Crippen molar-refractivity contribution in [2.45, 2.75) is 109 Å². The van der Waals surface area contributed by atoms with Gasteiger partial charge in [0.1, 0.15) is 6.10 Å². The molecule has 0 aromatic heterocycles. The van der Waals surface area contributed by atoms with Crippen molar-refractivity contribution < 1.29 is 9.53 Å². The Morgan fingerprint density at radius 3 is 2.08 bits per heavy atom. The van der Waals surface area contributed by atoms with Gasteiger partial charge in [0.25, 0.3) is 0 Å². The molecule has 0 rings (SSSR count). The van der Waals surface area contributed by atoms with Crippen molar-refractivity contribution in [2.24, 2.45) is 0 Å². The first-order chi connectivity index (χ1) is 11.2. The van der Waals surface area contributed by atoms with Crippen LogP contribution in [0.15, 0.2) is 24.8 Å². The van der Waals surface area contributed by atoms with E-state index in [1.54, 1.807) is 6.08 Å². The standard InChI is InChI=1S/C21H42O2Si/c1-8-10-11-12-13-14-15-16-17-18-19(22)20(9-2)23-24(6,7)21(3,4)5/h9,17-20,22H,2,8,10-16H2,1,3-7H3/b18-17+/t19-,20-/m1/s1. The van der Waals surface area contributed by atoms with E-state index in [1.165, 1.54) is 44.9 Å². The van der Waals surface area contributed by atoms with Crippen LogP contribution in [0, 0.1) is 0 Å². The molecule has 0 amide bonds. The summed E-state index contributed by atoms with van der Waals surface area (Å²) in [5.41, 5.74) is 0. The summed E-state index contributed by atoms with van der Waals surface area (Å²) in [5.74, 6) is 0. The van der Waals surface area contributed by atoms with Crippen LogP contribution in [0.25, 0.3) is 0 Å². The first-order valence-corrected chi connectivity index (χ1v) is 12.7. The van der Waals surface area contributed by atoms with Gasteiger partial charge >= 0.3 is 0 Å². The second-order valence-electron chi connectivity index (χ2n) is 8.41. The van der Waals surface area contributed by atoms with Gasteiger partial charge in [-0.2, -0.15) is 0 Å². The summed E-state index contributed by atoms with van der Waals surface area (Å²) in [6.45, 7) is 17.1. The number of allylic oxidation sites excluding steroid dienone is 1. The minimum absolute atomic E-state index is 0.134. The lowest BCUT2D eigenvalue weighted by Gasteiger charge is -2.39. The Morgan fingerprint density at radius 1 is 1.04 bits per heavy atom. The van der Waals surface area contributed by atoms with Gasteiger partial charge in [-0.25, -0.2) is 0 Å². The summed E-state index contributed by atoms with van der Waals surface area (Å²) in [7, 11) is -1.89. The van der Waals surface area contributed by atoms with Gasteiger partial charge in [-0.3, -0.25) is 0 Å². The topological polar surface area (TPSA) is 29.5 Å². The number of unbranched alkanes of at least 4 members (excludes halogenated alkanes) is 7. The third-order valence-corrected chi connectivity index (χ3v) is 9.59. The van der Waals surface area contributed by atoms with Crippen molar-refractivity contribution in [3.8, 4) is 0 Å². The minimum Gasteiger partial charge on any atom is -0.408 e. The lowest BCUT2D eigenvalue weighted by atomic mass is 10.1. The van der Waals surface area contributed by atoms with Crippen molar-refractivity contribution >= 4 is 8.32 Å². The summed E-state index contributed by atoms with van der Waals surface area (Å²) < 4.78 is 6.27. The van der Waals surface area contributed by atoms with Gasteiger partial charge in [0.15, 0.2) is 8.32 Å². The van der Waals surface area contributed by atoms with E-state index in [9.17, 15) is 5.11 Å². The molecule has 0 radical (unpaired) electrons. The molecule has 0 aliphatic heterocycles. The smallest absolute Gasteiger partial charge is 0.193 e. The molecular formula is C21H42O2Si. The second-order valence-corrected chi connectivity index (χ2v) is 13.2. The summed E-state index contributed by atoms with van der Waals surface area (Å²) in [5, 5.41) is 10.5. The fraction of sp³-hybridized carbons (Fsp3) is 0.810. The normalized spacial score (nSPS) is 15.6. The van der Waals surface area contributed by atoms with Crippen LogP contribution < -0.4 is 0 Å². The molecule has 0 aromatic carbocycles. The highest BCUT2D eigenvalue weighted by Crippen LogP contribution is 2.37. The van der Waals surface area contributed by atoms with Crippen molar-refractivity contribution in [3.63, 3.8) is 0 Å². The molecule has 24 heavy (non-hydrogen) atoms. The maximum absolute atomic E-state index is 10.4. The van der Waals surface area contributed by atoms with Gasteiger partial charge in [-0.1, -0.05) is 84.4 Å². The Labute approximate surface area is 152 Å². The number of aliphatic hydroxyl groups is 1. The zero-order chi connectivity index (χ0) is 18.6. The highest BCUT2D eigenvalue weighted by Gasteiger charge is 2.39. The Hall–Kier alpha value is -0.383. The third kappa shape index (κ3) is 9.80. The predicted octanol–water partition coefficient (Wildman–Crippen LogP) is 6.62. The SMILES string of the molecule is C=C[C@@H](O[Si](C)(C)C(C)(C)C)[C@H](O)/C=C/CCCCCCCCC. The third-order valence-electron chi connectivity index (χ3n) is 5.11. The van der Waals surface area contributed by atoms with Crippen LogP contribution in [-0.4, -0.2) is 25.6 Å². The van der Waals surface area contributed by atoms with Gasteiger partial charge in [-0.05, 0) is 31.0 Å². The monoisotopic (exact) mass is 354 g/mol. The highest BCUT2D eigenvalue weighted by atomic mass is 28.4. The quantitative estimate of drug-likeness (QED) is 0.229. The largest absolute Gasteiger partial charge is 0.408 e. The zero-order valence-electron chi connectivity index (χ0n) is 17.1. The van der Waals surface area contributed by atoms with E-state index < -0.39 is 14.4 Å². The summed E-state index contributed by atoms with van der Waals surface area (Å²) in [6.07, 6.45) is 15.1. The van der Waals surface area contributed by atoms with Gasteiger partial charge in [0, 0.05) is 0 Å². The van der Waals surface area contributed by atoms with E-state index in [-0.39, 0.29) is 11.1 Å². The number of rotatable bonds is 13. The molecule has 3 heteroatoms. The Balaban J connectivity index is 4.14. The van der Waals surface area contributed by atoms with Crippen molar-refractivity contribution in [1.82, 2.24) is 0 Å². The van der Waals surface area contributed by atoms with Crippen LogP contribution in [0.5, 0.6) is 0 Å². The zero-order valence-corrected chi connectivity index (χ0v) is 18.1. The summed E-state index contributed by atoms with van der Waals surface area (Å²) >= 11 is 0. The van der Waals surface area contributed by atoms with E-state index >= 15 is 0 Å². The summed E-state index contributed by atoms with van der Waals surface area (Å²) in [6, 6.07) is 0. The van der Waals surface area contributed by atoms with Crippen LogP contribution >= 0.6 is 0 Å². The number of aliphatic hydroxyl groups excluding tert-OH is 1. The molecule has 0 unspecified atom stereocenters. The van der Waals surface area contributed by atoms with Crippen LogP contribution in [-0.2, 0) is 4.43 Å². The Kier molecular flexibility index (Phi) is 11.9. The van der Waals surface area contributed by atoms with E-state index in [2.05, 4.69) is 53.4 Å². The first kappa shape index (κ1) is 23.6. The lowest BCUT2D eigenvalue weighted by Crippen LogP contribution is -2.46. The molecule has 0 fully saturated rings. The lowest BCUT2D eigenvalue weighted by molar-refractivity contribution is 0.0875. The maximum atomic E-state index is 10.4. The minimum atomic E-state index is -1.89. The molecule has 0 aliphatic carbocycles. The molecule has 0 aromatic rings. The van der Waals surface area contributed by atoms with E-state index in [4.69, 9.17) is 4.43 Å². The summed E-state index contributed by atoms with van der Waals surface area (Å²) in [4.78, 5) is 0. The molecule has 0 bridgehead atoms. The molecule has 0 spiro atoms. The molecule has 2 atom stereocenters. The predicted molar refractivity (Wildman–Crippen MR) is 110 cm³/mol. The van der Waals surface area contributed by atoms with Crippen molar-refractivity contribution in [1.29, 1.82) is 0 Å². The highest BCUT2D eigenvalue weighted by molar-refractivity contribution is 6.74. The fourth-order valence-electron chi connectivity index (χ4n) is 2.34. The van der Waals surface area contributed by atoms with Crippen molar-refractivity contribution in [3.05, 3.63) is 24.8 Å². The van der Waals surface area contributed by atoms with Crippen LogP contribution in [0.2, 0.25) is 18.1 Å². The number of hydrogen-bond acceptors (Lipinski definition) is 2. The fourth-order valence-corrected chi connectivity index (χ4v) is 3.61. The molecule has 0 aliphatic rings. The number of hydrogen-bond donors (Lipinski definition) is 1. The Bertz CT molecular complexity index is 355.